The zero-order chi connectivity index (χ0) is 23.5. The molecule has 0 radical (unpaired) electrons. The second-order valence-electron chi connectivity index (χ2n) is 7.26. The predicted octanol–water partition coefficient (Wildman–Crippen LogP) is 4.34. The van der Waals surface area contributed by atoms with Gasteiger partial charge in [-0.05, 0) is 43.2 Å². The van der Waals surface area contributed by atoms with Gasteiger partial charge in [0.25, 0.3) is 21.7 Å². The van der Waals surface area contributed by atoms with E-state index in [2.05, 4.69) is 15.6 Å². The molecule has 1 aromatic heterocycles. The van der Waals surface area contributed by atoms with E-state index in [1.165, 1.54) is 18.2 Å². The van der Waals surface area contributed by atoms with Crippen LogP contribution in [0, 0.1) is 0 Å². The Labute approximate surface area is 187 Å². The Kier molecular flexibility index (Phi) is 7.09. The van der Waals surface area contributed by atoms with E-state index in [1.54, 1.807) is 0 Å². The lowest BCUT2D eigenvalue weighted by Crippen LogP contribution is -2.36. The molecule has 0 spiro atoms. The maximum atomic E-state index is 12.9. The first-order valence-electron chi connectivity index (χ1n) is 9.69. The Morgan fingerprint density at radius 1 is 1.03 bits per heavy atom. The molecule has 1 saturated carbocycles. The summed E-state index contributed by atoms with van der Waals surface area (Å²) in [5, 5.41) is 3.90. The molecule has 1 aromatic carbocycles. The number of pyridine rings is 1. The van der Waals surface area contributed by atoms with Gasteiger partial charge in [-0.15, -0.1) is 0 Å². The molecule has 12 heteroatoms. The Morgan fingerprint density at radius 3 is 2.38 bits per heavy atom. The smallest absolute Gasteiger partial charge is 0.349 e. The normalized spacial score (nSPS) is 15.2. The van der Waals surface area contributed by atoms with Crippen molar-refractivity contribution in [1.29, 1.82) is 0 Å². The van der Waals surface area contributed by atoms with Crippen molar-refractivity contribution < 1.29 is 31.2 Å². The summed E-state index contributed by atoms with van der Waals surface area (Å²) in [5.74, 6) is -1.58. The Morgan fingerprint density at radius 2 is 1.72 bits per heavy atom. The number of nitrogens with one attached hydrogen (secondary N) is 2. The van der Waals surface area contributed by atoms with Crippen LogP contribution in [-0.4, -0.2) is 36.8 Å². The van der Waals surface area contributed by atoms with Crippen LogP contribution >= 0.6 is 11.6 Å². The number of halogens is 4. The molecule has 1 aliphatic carbocycles. The molecule has 172 valence electrons. The number of aromatic nitrogens is 1. The SMILES string of the molecule is O=C(NC1CCCCC1)c1cc(NC(=O)c2cccnc2S(=O)(=O)C(F)(F)F)ccc1Cl. The molecule has 7 nitrogen and oxygen atoms in total. The van der Waals surface area contributed by atoms with Crippen LogP contribution in [0.2, 0.25) is 5.02 Å². The van der Waals surface area contributed by atoms with E-state index in [0.29, 0.717) is 0 Å². The van der Waals surface area contributed by atoms with E-state index < -0.39 is 37.7 Å². The average Bonchev–Trinajstić information content (AvgIpc) is 2.75. The first-order chi connectivity index (χ1) is 15.0. The molecule has 1 aliphatic rings. The van der Waals surface area contributed by atoms with Crippen LogP contribution in [0.3, 0.4) is 0 Å². The van der Waals surface area contributed by atoms with Crippen LogP contribution in [0.4, 0.5) is 18.9 Å². The van der Waals surface area contributed by atoms with Crippen molar-refractivity contribution in [3.63, 3.8) is 0 Å². The molecule has 0 aliphatic heterocycles. The fourth-order valence-corrected chi connectivity index (χ4v) is 4.45. The molecule has 0 atom stereocenters. The number of alkyl halides is 3. The van der Waals surface area contributed by atoms with Crippen LogP contribution in [0.25, 0.3) is 0 Å². The predicted molar refractivity (Wildman–Crippen MR) is 111 cm³/mol. The monoisotopic (exact) mass is 489 g/mol. The van der Waals surface area contributed by atoms with Gasteiger partial charge in [0.2, 0.25) is 0 Å². The molecule has 1 heterocycles. The highest BCUT2D eigenvalue weighted by Gasteiger charge is 2.49. The molecule has 1 fully saturated rings. The summed E-state index contributed by atoms with van der Waals surface area (Å²) in [7, 11) is -5.85. The minimum atomic E-state index is -5.85. The molecule has 3 rings (SSSR count). The fourth-order valence-electron chi connectivity index (χ4n) is 3.37. The maximum absolute atomic E-state index is 12.9. The summed E-state index contributed by atoms with van der Waals surface area (Å²) in [4.78, 5) is 28.4. The Hall–Kier alpha value is -2.66. The fraction of sp³-hybridized carbons (Fsp3) is 0.350. The molecular formula is C20H19ClF3N3O4S. The van der Waals surface area contributed by atoms with Crippen molar-refractivity contribution in [2.24, 2.45) is 0 Å². The third-order valence-electron chi connectivity index (χ3n) is 4.98. The van der Waals surface area contributed by atoms with Gasteiger partial charge in [0.1, 0.15) is 0 Å². The van der Waals surface area contributed by atoms with E-state index in [4.69, 9.17) is 11.6 Å². The van der Waals surface area contributed by atoms with Crippen molar-refractivity contribution in [2.75, 3.05) is 5.32 Å². The number of sulfone groups is 1. The highest BCUT2D eigenvalue weighted by molar-refractivity contribution is 7.92. The van der Waals surface area contributed by atoms with Gasteiger partial charge >= 0.3 is 5.51 Å². The quantitative estimate of drug-likeness (QED) is 0.650. The van der Waals surface area contributed by atoms with Crippen molar-refractivity contribution in [3.8, 4) is 0 Å². The van der Waals surface area contributed by atoms with Gasteiger partial charge in [-0.2, -0.15) is 13.2 Å². The summed E-state index contributed by atoms with van der Waals surface area (Å²) in [5.41, 5.74) is -6.29. The van der Waals surface area contributed by atoms with Gasteiger partial charge in [0, 0.05) is 17.9 Å². The van der Waals surface area contributed by atoms with Crippen molar-refractivity contribution in [1.82, 2.24) is 10.3 Å². The number of benzene rings is 1. The number of amides is 2. The lowest BCUT2D eigenvalue weighted by molar-refractivity contribution is -0.0438. The molecule has 2 amide bonds. The van der Waals surface area contributed by atoms with Crippen LogP contribution < -0.4 is 10.6 Å². The zero-order valence-corrected chi connectivity index (χ0v) is 18.1. The number of hydrogen-bond donors (Lipinski definition) is 2. The van der Waals surface area contributed by atoms with Crippen LogP contribution in [0.5, 0.6) is 0 Å². The van der Waals surface area contributed by atoms with Crippen molar-refractivity contribution >= 4 is 38.9 Å². The first-order valence-corrected chi connectivity index (χ1v) is 11.5. The summed E-state index contributed by atoms with van der Waals surface area (Å²) < 4.78 is 62.4. The highest BCUT2D eigenvalue weighted by atomic mass is 35.5. The number of nitrogens with zero attached hydrogens (tertiary/aromatic N) is 1. The van der Waals surface area contributed by atoms with Crippen molar-refractivity contribution in [2.45, 2.75) is 48.7 Å². The number of anilines is 1. The summed E-state index contributed by atoms with van der Waals surface area (Å²) in [6.45, 7) is 0. The van der Waals surface area contributed by atoms with E-state index >= 15 is 0 Å². The Balaban J connectivity index is 1.84. The van der Waals surface area contributed by atoms with Crippen molar-refractivity contribution in [3.05, 3.63) is 52.7 Å². The highest BCUT2D eigenvalue weighted by Crippen LogP contribution is 2.31. The van der Waals surface area contributed by atoms with Gasteiger partial charge in [0.15, 0.2) is 5.03 Å². The Bertz CT molecular complexity index is 1130. The van der Waals surface area contributed by atoms with Gasteiger partial charge in [0.05, 0.1) is 16.1 Å². The van der Waals surface area contributed by atoms with Gasteiger partial charge in [-0.25, -0.2) is 13.4 Å². The van der Waals surface area contributed by atoms with Gasteiger partial charge in [-0.3, -0.25) is 9.59 Å². The average molecular weight is 490 g/mol. The largest absolute Gasteiger partial charge is 0.503 e. The molecule has 0 unspecified atom stereocenters. The lowest BCUT2D eigenvalue weighted by atomic mass is 9.95. The number of carbonyl (C=O) groups is 2. The first kappa shape index (κ1) is 24.0. The summed E-state index contributed by atoms with van der Waals surface area (Å²) >= 11 is 6.11. The van der Waals surface area contributed by atoms with E-state index in [1.807, 2.05) is 0 Å². The molecule has 2 N–H and O–H groups in total. The second-order valence-corrected chi connectivity index (χ2v) is 9.53. The molecule has 2 aromatic rings. The summed E-state index contributed by atoms with van der Waals surface area (Å²) in [6.07, 6.45) is 5.64. The van der Waals surface area contributed by atoms with Gasteiger partial charge < -0.3 is 10.6 Å². The third-order valence-corrected chi connectivity index (χ3v) is 6.76. The van der Waals surface area contributed by atoms with Crippen LogP contribution in [0.1, 0.15) is 52.8 Å². The minimum Gasteiger partial charge on any atom is -0.349 e. The molecular weight excluding hydrogens is 471 g/mol. The number of carbonyl (C=O) groups excluding carboxylic acids is 2. The van der Waals surface area contributed by atoms with E-state index in [-0.39, 0.29) is 22.3 Å². The second kappa shape index (κ2) is 9.45. The maximum Gasteiger partial charge on any atom is 0.503 e. The van der Waals surface area contributed by atoms with E-state index in [0.717, 1.165) is 50.4 Å². The lowest BCUT2D eigenvalue weighted by Gasteiger charge is -2.23. The standard InChI is InChI=1S/C20H19ClF3N3O4S/c21-16-9-8-13(11-15(16)18(29)26-12-5-2-1-3-6-12)27-17(28)14-7-4-10-25-19(14)32(30,31)20(22,23)24/h4,7-12H,1-3,5-6H2,(H,26,29)(H,27,28). The zero-order valence-electron chi connectivity index (χ0n) is 16.6. The van der Waals surface area contributed by atoms with Crippen LogP contribution in [0.15, 0.2) is 41.6 Å². The summed E-state index contributed by atoms with van der Waals surface area (Å²) in [6, 6.07) is 6.02. The minimum absolute atomic E-state index is 0.0103. The molecule has 0 saturated heterocycles. The van der Waals surface area contributed by atoms with Gasteiger partial charge in [-0.1, -0.05) is 30.9 Å². The molecule has 32 heavy (non-hydrogen) atoms. The number of rotatable bonds is 5. The number of hydrogen-bond acceptors (Lipinski definition) is 5. The van der Waals surface area contributed by atoms with E-state index in [9.17, 15) is 31.2 Å². The van der Waals surface area contributed by atoms with Crippen LogP contribution in [-0.2, 0) is 9.84 Å². The topological polar surface area (TPSA) is 105 Å². The third kappa shape index (κ3) is 5.21. The molecule has 0 bridgehead atoms.